The predicted octanol–water partition coefficient (Wildman–Crippen LogP) is 4.78. The minimum Gasteiger partial charge on any atom is -0.244 e. The van der Waals surface area contributed by atoms with Crippen molar-refractivity contribution in [2.24, 2.45) is 0 Å². The third-order valence-corrected chi connectivity index (χ3v) is 6.30. The number of hydrogen-bond acceptors (Lipinski definition) is 2. The molecule has 130 valence electrons. The van der Waals surface area contributed by atoms with Crippen LogP contribution >= 0.6 is 0 Å². The van der Waals surface area contributed by atoms with Gasteiger partial charge < -0.3 is 0 Å². The standard InChI is InChI=1S/C22H19NO2S/c1-17-11-13-20(14-12-17)26(24,25)23-16-19-9-5-6-10-21(19)22(23)15-18-7-3-2-4-8-18/h2-14,16H,15H2,1H3. The second-order valence-corrected chi connectivity index (χ2v) is 8.25. The summed E-state index contributed by atoms with van der Waals surface area (Å²) in [6.07, 6.45) is 2.28. The molecule has 0 fully saturated rings. The van der Waals surface area contributed by atoms with Gasteiger partial charge in [-0.15, -0.1) is 0 Å². The summed E-state index contributed by atoms with van der Waals surface area (Å²) in [5.74, 6) is 0. The van der Waals surface area contributed by atoms with E-state index in [-0.39, 0.29) is 0 Å². The normalized spacial score (nSPS) is 11.7. The maximum atomic E-state index is 13.3. The quantitative estimate of drug-likeness (QED) is 0.525. The summed E-state index contributed by atoms with van der Waals surface area (Å²) >= 11 is 0. The van der Waals surface area contributed by atoms with Gasteiger partial charge in [-0.2, -0.15) is 0 Å². The Kier molecular flexibility index (Phi) is 4.13. The van der Waals surface area contributed by atoms with Crippen molar-refractivity contribution in [1.29, 1.82) is 0 Å². The zero-order valence-corrected chi connectivity index (χ0v) is 15.3. The summed E-state index contributed by atoms with van der Waals surface area (Å²) < 4.78 is 28.0. The van der Waals surface area contributed by atoms with Gasteiger partial charge in [0.15, 0.2) is 0 Å². The summed E-state index contributed by atoms with van der Waals surface area (Å²) in [5.41, 5.74) is 2.90. The van der Waals surface area contributed by atoms with E-state index in [2.05, 4.69) is 0 Å². The van der Waals surface area contributed by atoms with Crippen molar-refractivity contribution in [3.63, 3.8) is 0 Å². The van der Waals surface area contributed by atoms with Crippen LogP contribution in [-0.2, 0) is 16.4 Å². The maximum Gasteiger partial charge on any atom is 0.267 e. The molecule has 3 nitrogen and oxygen atoms in total. The lowest BCUT2D eigenvalue weighted by Crippen LogP contribution is -2.15. The van der Waals surface area contributed by atoms with Crippen LogP contribution in [0, 0.1) is 6.92 Å². The van der Waals surface area contributed by atoms with Gasteiger partial charge in [-0.05, 0) is 24.6 Å². The fourth-order valence-corrected chi connectivity index (χ4v) is 4.61. The molecule has 0 N–H and O–H groups in total. The molecule has 4 heteroatoms. The first-order chi connectivity index (χ1) is 12.6. The molecule has 0 radical (unpaired) electrons. The molecule has 1 heterocycles. The Hall–Kier alpha value is -2.85. The van der Waals surface area contributed by atoms with Crippen LogP contribution in [0.5, 0.6) is 0 Å². The SMILES string of the molecule is Cc1ccc(S(=O)(=O)n2cc3ccccc3c2Cc2ccccc2)cc1. The van der Waals surface area contributed by atoms with Crippen LogP contribution in [0.25, 0.3) is 10.8 Å². The first-order valence-corrected chi connectivity index (χ1v) is 9.95. The summed E-state index contributed by atoms with van der Waals surface area (Å²) in [6.45, 7) is 1.95. The Bertz CT molecular complexity index is 1160. The summed E-state index contributed by atoms with van der Waals surface area (Å²) in [6, 6.07) is 24.7. The van der Waals surface area contributed by atoms with Gasteiger partial charge >= 0.3 is 0 Å². The van der Waals surface area contributed by atoms with E-state index in [1.54, 1.807) is 18.3 Å². The number of hydrogen-bond donors (Lipinski definition) is 0. The van der Waals surface area contributed by atoms with Crippen LogP contribution in [0.2, 0.25) is 0 Å². The Morgan fingerprint density at radius 3 is 2.19 bits per heavy atom. The Balaban J connectivity index is 1.91. The van der Waals surface area contributed by atoms with Gasteiger partial charge in [-0.25, -0.2) is 12.4 Å². The molecule has 3 aromatic carbocycles. The number of aryl methyl sites for hydroxylation is 1. The maximum absolute atomic E-state index is 13.3. The van der Waals surface area contributed by atoms with Crippen molar-refractivity contribution in [1.82, 2.24) is 3.97 Å². The molecule has 4 aromatic rings. The molecule has 4 rings (SSSR count). The van der Waals surface area contributed by atoms with Crippen molar-refractivity contribution in [2.45, 2.75) is 18.2 Å². The first kappa shape index (κ1) is 16.6. The molecule has 1 aromatic heterocycles. The number of aromatic nitrogens is 1. The van der Waals surface area contributed by atoms with Gasteiger partial charge in [-0.3, -0.25) is 0 Å². The number of rotatable bonds is 4. The zero-order chi connectivity index (χ0) is 18.1. The van der Waals surface area contributed by atoms with E-state index in [1.807, 2.05) is 73.7 Å². The Morgan fingerprint density at radius 1 is 0.808 bits per heavy atom. The average Bonchev–Trinajstić information content (AvgIpc) is 3.02. The van der Waals surface area contributed by atoms with E-state index in [0.717, 1.165) is 27.6 Å². The molecule has 0 aliphatic rings. The summed E-state index contributed by atoms with van der Waals surface area (Å²) in [7, 11) is -3.65. The van der Waals surface area contributed by atoms with Crippen molar-refractivity contribution >= 4 is 20.8 Å². The fourth-order valence-electron chi connectivity index (χ4n) is 3.20. The number of fused-ring (bicyclic) bond motifs is 1. The van der Waals surface area contributed by atoms with Gasteiger partial charge in [0.1, 0.15) is 0 Å². The van der Waals surface area contributed by atoms with E-state index in [1.165, 1.54) is 3.97 Å². The molecular formula is C22H19NO2S. The van der Waals surface area contributed by atoms with Gasteiger partial charge in [0.2, 0.25) is 0 Å². The highest BCUT2D eigenvalue weighted by Crippen LogP contribution is 2.28. The fraction of sp³-hybridized carbons (Fsp3) is 0.0909. The minimum atomic E-state index is -3.65. The molecule has 0 amide bonds. The molecule has 0 spiro atoms. The van der Waals surface area contributed by atoms with Crippen LogP contribution in [-0.4, -0.2) is 12.4 Å². The lowest BCUT2D eigenvalue weighted by molar-refractivity contribution is 0.586. The van der Waals surface area contributed by atoms with Crippen LogP contribution in [0.15, 0.2) is 90.0 Å². The molecule has 26 heavy (non-hydrogen) atoms. The summed E-state index contributed by atoms with van der Waals surface area (Å²) in [5, 5.41) is 1.89. The topological polar surface area (TPSA) is 39.1 Å². The Labute approximate surface area is 153 Å². The van der Waals surface area contributed by atoms with Gasteiger partial charge in [0.25, 0.3) is 10.0 Å². The molecule has 0 unspecified atom stereocenters. The van der Waals surface area contributed by atoms with E-state index in [0.29, 0.717) is 11.3 Å². The van der Waals surface area contributed by atoms with Crippen LogP contribution in [0.4, 0.5) is 0 Å². The van der Waals surface area contributed by atoms with Crippen molar-refractivity contribution in [3.8, 4) is 0 Å². The molecule has 0 aliphatic carbocycles. The zero-order valence-electron chi connectivity index (χ0n) is 14.5. The van der Waals surface area contributed by atoms with Crippen molar-refractivity contribution in [3.05, 3.63) is 102 Å². The largest absolute Gasteiger partial charge is 0.267 e. The van der Waals surface area contributed by atoms with Crippen LogP contribution < -0.4 is 0 Å². The molecule has 0 bridgehead atoms. The van der Waals surface area contributed by atoms with E-state index in [9.17, 15) is 8.42 Å². The highest BCUT2D eigenvalue weighted by Gasteiger charge is 2.22. The van der Waals surface area contributed by atoms with Gasteiger partial charge in [0, 0.05) is 29.1 Å². The highest BCUT2D eigenvalue weighted by atomic mass is 32.2. The van der Waals surface area contributed by atoms with E-state index < -0.39 is 10.0 Å². The van der Waals surface area contributed by atoms with Gasteiger partial charge in [0.05, 0.1) is 4.90 Å². The molecule has 0 saturated carbocycles. The molecule has 0 saturated heterocycles. The second kappa shape index (κ2) is 6.46. The third kappa shape index (κ3) is 2.93. The summed E-state index contributed by atoms with van der Waals surface area (Å²) in [4.78, 5) is 0.303. The van der Waals surface area contributed by atoms with Crippen LogP contribution in [0.1, 0.15) is 16.8 Å². The molecule has 0 atom stereocenters. The molecular weight excluding hydrogens is 342 g/mol. The van der Waals surface area contributed by atoms with Crippen LogP contribution in [0.3, 0.4) is 0 Å². The van der Waals surface area contributed by atoms with E-state index >= 15 is 0 Å². The third-order valence-electron chi connectivity index (χ3n) is 4.59. The minimum absolute atomic E-state index is 0.303. The number of nitrogens with zero attached hydrogens (tertiary/aromatic N) is 1. The monoisotopic (exact) mass is 361 g/mol. The van der Waals surface area contributed by atoms with Crippen molar-refractivity contribution in [2.75, 3.05) is 0 Å². The van der Waals surface area contributed by atoms with Gasteiger partial charge in [-0.1, -0.05) is 72.3 Å². The highest BCUT2D eigenvalue weighted by molar-refractivity contribution is 7.90. The lowest BCUT2D eigenvalue weighted by Gasteiger charge is -2.11. The van der Waals surface area contributed by atoms with E-state index in [4.69, 9.17) is 0 Å². The lowest BCUT2D eigenvalue weighted by atomic mass is 10.1. The molecule has 0 aliphatic heterocycles. The van der Waals surface area contributed by atoms with Crippen molar-refractivity contribution < 1.29 is 8.42 Å². The predicted molar refractivity (Wildman–Crippen MR) is 105 cm³/mol. The number of benzene rings is 3. The Morgan fingerprint density at radius 2 is 1.46 bits per heavy atom. The second-order valence-electron chi connectivity index (χ2n) is 6.44. The smallest absolute Gasteiger partial charge is 0.244 e. The average molecular weight is 361 g/mol. The first-order valence-electron chi connectivity index (χ1n) is 8.51.